The van der Waals surface area contributed by atoms with Gasteiger partial charge >= 0.3 is 0 Å². The van der Waals surface area contributed by atoms with Crippen LogP contribution in [0.3, 0.4) is 0 Å². The topological polar surface area (TPSA) is 114 Å². The quantitative estimate of drug-likeness (QED) is 0.658. The molecule has 1 heterocycles. The van der Waals surface area contributed by atoms with Crippen LogP contribution in [0, 0.1) is 5.41 Å². The molecule has 0 saturated carbocycles. The first-order chi connectivity index (χ1) is 11.0. The number of fused-ring (bicyclic) bond motifs is 3. The molecule has 1 aliphatic rings. The molecule has 6 heteroatoms. The third-order valence-corrected chi connectivity index (χ3v) is 4.61. The molecule has 1 unspecified atom stereocenters. The van der Waals surface area contributed by atoms with Crippen molar-refractivity contribution in [2.24, 2.45) is 16.9 Å². The van der Waals surface area contributed by atoms with Gasteiger partial charge in [0, 0.05) is 11.1 Å². The normalized spacial score (nSPS) is 19.7. The van der Waals surface area contributed by atoms with Crippen LogP contribution in [0.15, 0.2) is 24.3 Å². The number of aromatic nitrogens is 1. The number of primary amides is 2. The van der Waals surface area contributed by atoms with E-state index in [1.165, 1.54) is 0 Å². The summed E-state index contributed by atoms with van der Waals surface area (Å²) in [4.78, 5) is 26.9. The predicted octanol–water partition coefficient (Wildman–Crippen LogP) is 0.917. The molecule has 0 spiro atoms. The predicted molar refractivity (Wildman–Crippen MR) is 89.7 cm³/mol. The minimum Gasteiger partial charge on any atom is -0.369 e. The summed E-state index contributed by atoms with van der Waals surface area (Å²) >= 11 is 0. The summed E-state index contributed by atoms with van der Waals surface area (Å²) in [6.07, 6.45) is 4.88. The van der Waals surface area contributed by atoms with E-state index in [1.807, 2.05) is 25.3 Å². The van der Waals surface area contributed by atoms with E-state index in [-0.39, 0.29) is 5.91 Å². The standard InChI is InChI=1S/C17H20N4O2/c1-20-8-7-17(16(19)23)6-5-13-12(9-17)10-3-2-4-11(15(18)22)14(10)21-13/h2-6,20-21H,7-9H2,1H3,(H2,18,22)(H2,19,23). The molecule has 2 amide bonds. The van der Waals surface area contributed by atoms with Gasteiger partial charge in [-0.05, 0) is 44.1 Å². The van der Waals surface area contributed by atoms with Crippen molar-refractivity contribution in [3.05, 3.63) is 41.1 Å². The Morgan fingerprint density at radius 2 is 2.13 bits per heavy atom. The number of H-pyrrole nitrogens is 1. The monoisotopic (exact) mass is 312 g/mol. The first-order valence-electron chi connectivity index (χ1n) is 7.55. The lowest BCUT2D eigenvalue weighted by Gasteiger charge is -2.30. The molecule has 6 nitrogen and oxygen atoms in total. The molecule has 1 aromatic carbocycles. The molecule has 23 heavy (non-hydrogen) atoms. The zero-order chi connectivity index (χ0) is 16.6. The maximum absolute atomic E-state index is 12.1. The first-order valence-corrected chi connectivity index (χ1v) is 7.55. The third-order valence-electron chi connectivity index (χ3n) is 4.61. The van der Waals surface area contributed by atoms with Crippen molar-refractivity contribution in [2.45, 2.75) is 12.8 Å². The number of carbonyl (C=O) groups excluding carboxylic acids is 2. The number of carbonyl (C=O) groups is 2. The van der Waals surface area contributed by atoms with Crippen LogP contribution in [0.25, 0.3) is 17.0 Å². The van der Waals surface area contributed by atoms with Gasteiger partial charge in [0.1, 0.15) is 0 Å². The fourth-order valence-electron chi connectivity index (χ4n) is 3.26. The minimum absolute atomic E-state index is 0.338. The second-order valence-electron chi connectivity index (χ2n) is 5.99. The van der Waals surface area contributed by atoms with Gasteiger partial charge in [0.15, 0.2) is 0 Å². The molecule has 1 aromatic heterocycles. The van der Waals surface area contributed by atoms with Crippen LogP contribution in [0.4, 0.5) is 0 Å². The van der Waals surface area contributed by atoms with E-state index in [0.29, 0.717) is 30.5 Å². The smallest absolute Gasteiger partial charge is 0.250 e. The molecule has 0 radical (unpaired) electrons. The van der Waals surface area contributed by atoms with Crippen LogP contribution < -0.4 is 16.8 Å². The van der Waals surface area contributed by atoms with E-state index in [9.17, 15) is 9.59 Å². The van der Waals surface area contributed by atoms with Crippen molar-refractivity contribution in [1.82, 2.24) is 10.3 Å². The van der Waals surface area contributed by atoms with Crippen LogP contribution in [-0.2, 0) is 11.2 Å². The highest BCUT2D eigenvalue weighted by atomic mass is 16.1. The highest BCUT2D eigenvalue weighted by Crippen LogP contribution is 2.39. The van der Waals surface area contributed by atoms with Crippen LogP contribution in [0.2, 0.25) is 0 Å². The van der Waals surface area contributed by atoms with Crippen molar-refractivity contribution in [3.8, 4) is 0 Å². The van der Waals surface area contributed by atoms with Gasteiger partial charge in [0.25, 0.3) is 5.91 Å². The van der Waals surface area contributed by atoms with E-state index in [2.05, 4.69) is 10.3 Å². The molecule has 0 saturated heterocycles. The molecule has 2 aromatic rings. The number of para-hydroxylation sites is 1. The molecule has 1 atom stereocenters. The summed E-state index contributed by atoms with van der Waals surface area (Å²) in [5, 5.41) is 3.98. The SMILES string of the molecule is CNCCC1(C(N)=O)C=Cc2[nH]c3c(C(N)=O)cccc3c2C1. The Bertz CT molecular complexity index is 821. The number of hydrogen-bond donors (Lipinski definition) is 4. The van der Waals surface area contributed by atoms with Gasteiger partial charge in [-0.15, -0.1) is 0 Å². The van der Waals surface area contributed by atoms with Gasteiger partial charge in [-0.3, -0.25) is 9.59 Å². The third kappa shape index (κ3) is 2.41. The largest absolute Gasteiger partial charge is 0.369 e. The lowest BCUT2D eigenvalue weighted by Crippen LogP contribution is -2.40. The molecule has 6 N–H and O–H groups in total. The summed E-state index contributed by atoms with van der Waals surface area (Å²) in [7, 11) is 1.84. The fraction of sp³-hybridized carbons (Fsp3) is 0.294. The summed E-state index contributed by atoms with van der Waals surface area (Å²) in [6, 6.07) is 5.42. The fourth-order valence-corrected chi connectivity index (χ4v) is 3.26. The number of nitrogens with two attached hydrogens (primary N) is 2. The van der Waals surface area contributed by atoms with E-state index in [4.69, 9.17) is 11.5 Å². The zero-order valence-electron chi connectivity index (χ0n) is 13.0. The zero-order valence-corrected chi connectivity index (χ0v) is 13.0. The Labute approximate surface area is 133 Å². The van der Waals surface area contributed by atoms with Crippen molar-refractivity contribution in [1.29, 1.82) is 0 Å². The Balaban J connectivity index is 2.13. The highest BCUT2D eigenvalue weighted by Gasteiger charge is 2.37. The Morgan fingerprint density at radius 1 is 1.35 bits per heavy atom. The number of benzene rings is 1. The summed E-state index contributed by atoms with van der Waals surface area (Å²) in [5.74, 6) is -0.815. The number of rotatable bonds is 5. The van der Waals surface area contributed by atoms with E-state index in [0.717, 1.165) is 16.6 Å². The van der Waals surface area contributed by atoms with Crippen LogP contribution >= 0.6 is 0 Å². The van der Waals surface area contributed by atoms with Gasteiger partial charge < -0.3 is 21.8 Å². The van der Waals surface area contributed by atoms with Gasteiger partial charge in [-0.1, -0.05) is 18.2 Å². The number of aromatic amines is 1. The lowest BCUT2D eigenvalue weighted by atomic mass is 9.74. The molecule has 0 bridgehead atoms. The maximum atomic E-state index is 12.1. The van der Waals surface area contributed by atoms with Crippen LogP contribution in [0.5, 0.6) is 0 Å². The van der Waals surface area contributed by atoms with E-state index in [1.54, 1.807) is 12.1 Å². The number of hydrogen-bond acceptors (Lipinski definition) is 3. The average Bonchev–Trinajstić information content (AvgIpc) is 2.90. The average molecular weight is 312 g/mol. The Morgan fingerprint density at radius 3 is 2.78 bits per heavy atom. The summed E-state index contributed by atoms with van der Waals surface area (Å²) < 4.78 is 0. The van der Waals surface area contributed by atoms with Crippen molar-refractivity contribution < 1.29 is 9.59 Å². The van der Waals surface area contributed by atoms with Gasteiger partial charge in [0.2, 0.25) is 5.91 Å². The van der Waals surface area contributed by atoms with E-state index >= 15 is 0 Å². The molecule has 3 rings (SSSR count). The Kier molecular flexibility index (Phi) is 3.69. The van der Waals surface area contributed by atoms with E-state index < -0.39 is 11.3 Å². The summed E-state index contributed by atoms with van der Waals surface area (Å²) in [6.45, 7) is 0.692. The number of nitrogens with one attached hydrogen (secondary N) is 2. The summed E-state index contributed by atoms with van der Waals surface area (Å²) in [5.41, 5.74) is 13.5. The molecular weight excluding hydrogens is 292 g/mol. The second kappa shape index (κ2) is 5.55. The van der Waals surface area contributed by atoms with Gasteiger partial charge in [-0.25, -0.2) is 0 Å². The van der Waals surface area contributed by atoms with Crippen molar-refractivity contribution >= 4 is 28.8 Å². The van der Waals surface area contributed by atoms with Crippen molar-refractivity contribution in [3.63, 3.8) is 0 Å². The minimum atomic E-state index is -0.714. The molecule has 120 valence electrons. The second-order valence-corrected chi connectivity index (χ2v) is 5.99. The van der Waals surface area contributed by atoms with Crippen LogP contribution in [-0.4, -0.2) is 30.4 Å². The molecule has 0 fully saturated rings. The van der Waals surface area contributed by atoms with Gasteiger partial charge in [-0.2, -0.15) is 0 Å². The molecule has 1 aliphatic carbocycles. The Hall–Kier alpha value is -2.60. The molecule has 0 aliphatic heterocycles. The lowest BCUT2D eigenvalue weighted by molar-refractivity contribution is -0.125. The van der Waals surface area contributed by atoms with Crippen LogP contribution in [0.1, 0.15) is 28.0 Å². The highest BCUT2D eigenvalue weighted by molar-refractivity contribution is 6.07. The van der Waals surface area contributed by atoms with Crippen molar-refractivity contribution in [2.75, 3.05) is 13.6 Å². The maximum Gasteiger partial charge on any atom is 0.250 e. The number of amides is 2. The first kappa shape index (κ1) is 15.3. The molecular formula is C17H20N4O2. The van der Waals surface area contributed by atoms with Gasteiger partial charge in [0.05, 0.1) is 16.5 Å².